The zero-order valence-electron chi connectivity index (χ0n) is 16.2. The van der Waals surface area contributed by atoms with Crippen molar-refractivity contribution in [2.45, 2.75) is 25.3 Å². The number of amides is 1. The number of sulfonamides is 1. The Hall–Kier alpha value is -2.98. The molecule has 0 saturated carbocycles. The van der Waals surface area contributed by atoms with E-state index in [1.54, 1.807) is 26.0 Å². The zero-order valence-corrected chi connectivity index (χ0v) is 17.0. The standard InChI is InChI=1S/C19H23N3O6S/c1-3-21(4-2)29(26,27)18-10-8-15(9-11-18)13-20-19(23)14-28-17-7-5-6-16(12-17)22(24)25/h5-12H,3-4,13-14H2,1-2H3,(H,20,23). The summed E-state index contributed by atoms with van der Waals surface area (Å²) in [5.41, 5.74) is 0.606. The second kappa shape index (κ2) is 9.99. The lowest BCUT2D eigenvalue weighted by Crippen LogP contribution is -2.30. The van der Waals surface area contributed by atoms with Gasteiger partial charge >= 0.3 is 0 Å². The summed E-state index contributed by atoms with van der Waals surface area (Å²) in [6.45, 7) is 4.24. The van der Waals surface area contributed by atoms with Crippen LogP contribution in [0.25, 0.3) is 0 Å². The Balaban J connectivity index is 1.89. The molecule has 0 saturated heterocycles. The molecule has 0 spiro atoms. The van der Waals surface area contributed by atoms with Gasteiger partial charge in [0.25, 0.3) is 11.6 Å². The number of nitrogens with one attached hydrogen (secondary N) is 1. The molecule has 0 fully saturated rings. The predicted molar refractivity (Wildman–Crippen MR) is 107 cm³/mol. The van der Waals surface area contributed by atoms with Crippen molar-refractivity contribution >= 4 is 21.6 Å². The molecule has 2 aromatic rings. The highest BCUT2D eigenvalue weighted by atomic mass is 32.2. The Kier molecular flexibility index (Phi) is 7.68. The van der Waals surface area contributed by atoms with Gasteiger partial charge in [0.1, 0.15) is 5.75 Å². The lowest BCUT2D eigenvalue weighted by Gasteiger charge is -2.18. The first-order chi connectivity index (χ1) is 13.8. The summed E-state index contributed by atoms with van der Waals surface area (Å²) in [6, 6.07) is 11.9. The largest absolute Gasteiger partial charge is 0.484 e. The van der Waals surface area contributed by atoms with E-state index in [1.165, 1.54) is 40.7 Å². The highest BCUT2D eigenvalue weighted by molar-refractivity contribution is 7.89. The fourth-order valence-corrected chi connectivity index (χ4v) is 4.04. The Morgan fingerprint density at radius 3 is 2.38 bits per heavy atom. The second-order valence-corrected chi connectivity index (χ2v) is 7.99. The molecule has 156 valence electrons. The number of carbonyl (C=O) groups is 1. The number of hydrogen-bond donors (Lipinski definition) is 1. The zero-order chi connectivity index (χ0) is 21.4. The molecule has 2 rings (SSSR count). The summed E-state index contributed by atoms with van der Waals surface area (Å²) in [5, 5.41) is 13.4. The van der Waals surface area contributed by atoms with Crippen molar-refractivity contribution in [2.75, 3.05) is 19.7 Å². The molecule has 0 atom stereocenters. The van der Waals surface area contributed by atoms with E-state index in [1.807, 2.05) is 0 Å². The molecule has 1 N–H and O–H groups in total. The minimum atomic E-state index is -3.52. The molecule has 0 bridgehead atoms. The third kappa shape index (κ3) is 6.00. The van der Waals surface area contributed by atoms with Crippen LogP contribution in [0.2, 0.25) is 0 Å². The molecular formula is C19H23N3O6S. The molecule has 1 amide bonds. The number of non-ortho nitro benzene ring substituents is 1. The molecule has 0 aromatic heterocycles. The first-order valence-electron chi connectivity index (χ1n) is 9.01. The topological polar surface area (TPSA) is 119 Å². The maximum Gasteiger partial charge on any atom is 0.273 e. The lowest BCUT2D eigenvalue weighted by molar-refractivity contribution is -0.384. The second-order valence-electron chi connectivity index (χ2n) is 6.05. The van der Waals surface area contributed by atoms with Gasteiger partial charge in [0.2, 0.25) is 10.0 Å². The number of rotatable bonds is 10. The molecule has 0 unspecified atom stereocenters. The van der Waals surface area contributed by atoms with Crippen LogP contribution < -0.4 is 10.1 Å². The normalized spacial score (nSPS) is 11.3. The molecule has 0 aliphatic heterocycles. The first kappa shape index (κ1) is 22.3. The monoisotopic (exact) mass is 421 g/mol. The molecule has 29 heavy (non-hydrogen) atoms. The van der Waals surface area contributed by atoms with Gasteiger partial charge in [-0.2, -0.15) is 4.31 Å². The van der Waals surface area contributed by atoms with E-state index in [0.29, 0.717) is 13.1 Å². The van der Waals surface area contributed by atoms with Crippen molar-refractivity contribution in [1.29, 1.82) is 0 Å². The van der Waals surface area contributed by atoms with Gasteiger partial charge in [0, 0.05) is 25.7 Å². The van der Waals surface area contributed by atoms with Crippen LogP contribution in [0.4, 0.5) is 5.69 Å². The number of ether oxygens (including phenoxy) is 1. The smallest absolute Gasteiger partial charge is 0.273 e. The van der Waals surface area contributed by atoms with Gasteiger partial charge in [-0.1, -0.05) is 32.0 Å². The minimum Gasteiger partial charge on any atom is -0.484 e. The molecule has 2 aromatic carbocycles. The molecule has 9 nitrogen and oxygen atoms in total. The van der Waals surface area contributed by atoms with E-state index in [9.17, 15) is 23.3 Å². The van der Waals surface area contributed by atoms with E-state index in [2.05, 4.69) is 5.32 Å². The Bertz CT molecular complexity index is 956. The number of benzene rings is 2. The van der Waals surface area contributed by atoms with Crippen molar-refractivity contribution < 1.29 is 22.9 Å². The van der Waals surface area contributed by atoms with Crippen LogP contribution in [0.15, 0.2) is 53.4 Å². The van der Waals surface area contributed by atoms with Crippen molar-refractivity contribution in [3.8, 4) is 5.75 Å². The summed E-state index contributed by atoms with van der Waals surface area (Å²) < 4.78 is 31.5. The number of nitro groups is 1. The fraction of sp³-hybridized carbons (Fsp3) is 0.316. The van der Waals surface area contributed by atoms with Gasteiger partial charge in [-0.15, -0.1) is 0 Å². The van der Waals surface area contributed by atoms with Crippen LogP contribution in [0.3, 0.4) is 0 Å². The van der Waals surface area contributed by atoms with Gasteiger partial charge < -0.3 is 10.1 Å². The van der Waals surface area contributed by atoms with E-state index in [0.717, 1.165) is 5.56 Å². The van der Waals surface area contributed by atoms with Crippen LogP contribution >= 0.6 is 0 Å². The summed E-state index contributed by atoms with van der Waals surface area (Å²) in [4.78, 5) is 22.3. The van der Waals surface area contributed by atoms with Crippen LogP contribution in [-0.4, -0.2) is 43.2 Å². The average molecular weight is 421 g/mol. The van der Waals surface area contributed by atoms with Crippen molar-refractivity contribution in [2.24, 2.45) is 0 Å². The van der Waals surface area contributed by atoms with Gasteiger partial charge in [-0.3, -0.25) is 14.9 Å². The van der Waals surface area contributed by atoms with Gasteiger partial charge in [0.05, 0.1) is 15.9 Å². The Morgan fingerprint density at radius 1 is 1.14 bits per heavy atom. The van der Waals surface area contributed by atoms with Crippen LogP contribution in [0, 0.1) is 10.1 Å². The summed E-state index contributed by atoms with van der Waals surface area (Å²) >= 11 is 0. The number of carbonyl (C=O) groups excluding carboxylic acids is 1. The van der Waals surface area contributed by atoms with Crippen LogP contribution in [-0.2, 0) is 21.4 Å². The summed E-state index contributed by atoms with van der Waals surface area (Å²) in [5.74, 6) is -0.184. The number of hydrogen-bond acceptors (Lipinski definition) is 6. The third-order valence-electron chi connectivity index (χ3n) is 4.15. The van der Waals surface area contributed by atoms with E-state index >= 15 is 0 Å². The minimum absolute atomic E-state index is 0.123. The molecule has 0 radical (unpaired) electrons. The van der Waals surface area contributed by atoms with E-state index in [-0.39, 0.29) is 29.5 Å². The van der Waals surface area contributed by atoms with Crippen molar-refractivity contribution in [1.82, 2.24) is 9.62 Å². The summed E-state index contributed by atoms with van der Waals surface area (Å²) in [7, 11) is -3.52. The molecular weight excluding hydrogens is 398 g/mol. The molecule has 0 aliphatic carbocycles. The van der Waals surface area contributed by atoms with E-state index < -0.39 is 20.9 Å². The molecule has 10 heteroatoms. The van der Waals surface area contributed by atoms with E-state index in [4.69, 9.17) is 4.74 Å². The maximum absolute atomic E-state index is 12.5. The SMILES string of the molecule is CCN(CC)S(=O)(=O)c1ccc(CNC(=O)COc2cccc([N+](=O)[O-])c2)cc1. The quantitative estimate of drug-likeness (QED) is 0.464. The van der Waals surface area contributed by atoms with Crippen molar-refractivity contribution in [3.63, 3.8) is 0 Å². The molecule has 0 aliphatic rings. The fourth-order valence-electron chi connectivity index (χ4n) is 2.58. The highest BCUT2D eigenvalue weighted by Gasteiger charge is 2.21. The number of nitro benzene ring substituents is 1. The van der Waals surface area contributed by atoms with Crippen LogP contribution in [0.1, 0.15) is 19.4 Å². The predicted octanol–water partition coefficient (Wildman–Crippen LogP) is 2.32. The van der Waals surface area contributed by atoms with Gasteiger partial charge in [0.15, 0.2) is 6.61 Å². The molecule has 0 heterocycles. The third-order valence-corrected chi connectivity index (χ3v) is 6.22. The van der Waals surface area contributed by atoms with Crippen LogP contribution in [0.5, 0.6) is 5.75 Å². The summed E-state index contributed by atoms with van der Waals surface area (Å²) in [6.07, 6.45) is 0. The Morgan fingerprint density at radius 2 is 1.79 bits per heavy atom. The average Bonchev–Trinajstić information content (AvgIpc) is 2.72. The lowest BCUT2D eigenvalue weighted by atomic mass is 10.2. The highest BCUT2D eigenvalue weighted by Crippen LogP contribution is 2.19. The number of nitrogens with zero attached hydrogens (tertiary/aromatic N) is 2. The first-order valence-corrected chi connectivity index (χ1v) is 10.4. The maximum atomic E-state index is 12.5. The Labute approximate surface area is 169 Å². The van der Waals surface area contributed by atoms with Gasteiger partial charge in [-0.25, -0.2) is 8.42 Å². The van der Waals surface area contributed by atoms with Gasteiger partial charge in [-0.05, 0) is 23.8 Å². The van der Waals surface area contributed by atoms with Crippen molar-refractivity contribution in [3.05, 3.63) is 64.2 Å².